The van der Waals surface area contributed by atoms with Gasteiger partial charge in [0.05, 0.1) is 17.3 Å². The average Bonchev–Trinajstić information content (AvgIpc) is 2.89. The van der Waals surface area contributed by atoms with Gasteiger partial charge in [-0.15, -0.1) is 0 Å². The molecule has 2 aromatic rings. The monoisotopic (exact) mass is 329 g/mol. The fourth-order valence-corrected chi connectivity index (χ4v) is 3.68. The zero-order valence-corrected chi connectivity index (χ0v) is 13.5. The van der Waals surface area contributed by atoms with Crippen molar-refractivity contribution >= 4 is 45.7 Å². The van der Waals surface area contributed by atoms with E-state index in [1.807, 2.05) is 6.08 Å². The van der Waals surface area contributed by atoms with E-state index in [0.29, 0.717) is 36.1 Å². The Bertz CT molecular complexity index is 931. The van der Waals surface area contributed by atoms with E-state index in [2.05, 4.69) is 4.98 Å². The van der Waals surface area contributed by atoms with Crippen molar-refractivity contribution in [2.75, 3.05) is 19.3 Å². The molecule has 6 nitrogen and oxygen atoms in total. The smallest absolute Gasteiger partial charge is 0.250 e. The molecule has 0 saturated heterocycles. The van der Waals surface area contributed by atoms with Gasteiger partial charge in [0.1, 0.15) is 7.85 Å². The van der Waals surface area contributed by atoms with E-state index >= 15 is 0 Å². The predicted molar refractivity (Wildman–Crippen MR) is 91.2 cm³/mol. The number of hydrogen-bond donors (Lipinski definition) is 2. The normalized spacial score (nSPS) is 16.5. The predicted octanol–water partition coefficient (Wildman–Crippen LogP) is 0.109. The Morgan fingerprint density at radius 2 is 2.13 bits per heavy atom. The summed E-state index contributed by atoms with van der Waals surface area (Å²) in [5.41, 5.74) is 8.80. The highest BCUT2D eigenvalue weighted by Gasteiger charge is 2.22. The van der Waals surface area contributed by atoms with E-state index in [9.17, 15) is 13.2 Å². The van der Waals surface area contributed by atoms with Crippen LogP contribution in [0.5, 0.6) is 0 Å². The number of aromatic amines is 1. The van der Waals surface area contributed by atoms with E-state index in [4.69, 9.17) is 13.6 Å². The summed E-state index contributed by atoms with van der Waals surface area (Å²) in [7, 11) is 2.69. The number of amides is 1. The highest BCUT2D eigenvalue weighted by Crippen LogP contribution is 2.30. The Kier molecular flexibility index (Phi) is 3.81. The summed E-state index contributed by atoms with van der Waals surface area (Å²) in [5.74, 6) is -0.545. The molecule has 0 spiro atoms. The molecule has 8 heteroatoms. The SMILES string of the molecule is [B]c1cc(C(N)=O)c2[nH]cc(C3=CCN(S(C)(=O)=O)CC3)c2c1. The molecule has 0 aliphatic carbocycles. The zero-order valence-electron chi connectivity index (χ0n) is 12.7. The van der Waals surface area contributed by atoms with Crippen LogP contribution >= 0.6 is 0 Å². The summed E-state index contributed by atoms with van der Waals surface area (Å²) < 4.78 is 24.6. The topological polar surface area (TPSA) is 96.3 Å². The van der Waals surface area contributed by atoms with Gasteiger partial charge in [-0.2, -0.15) is 4.31 Å². The second kappa shape index (κ2) is 5.54. The number of aromatic nitrogens is 1. The molecular weight excluding hydrogens is 313 g/mol. The molecule has 0 fully saturated rings. The first kappa shape index (κ1) is 15.8. The van der Waals surface area contributed by atoms with E-state index < -0.39 is 15.9 Å². The quantitative estimate of drug-likeness (QED) is 0.782. The van der Waals surface area contributed by atoms with Crippen molar-refractivity contribution < 1.29 is 13.2 Å². The third kappa shape index (κ3) is 2.91. The maximum Gasteiger partial charge on any atom is 0.250 e. The fourth-order valence-electron chi connectivity index (χ4n) is 2.91. The zero-order chi connectivity index (χ0) is 16.8. The van der Waals surface area contributed by atoms with Gasteiger partial charge in [0.2, 0.25) is 10.0 Å². The fraction of sp³-hybridized carbons (Fsp3) is 0.267. The summed E-state index contributed by atoms with van der Waals surface area (Å²) in [6.45, 7) is 0.772. The Hall–Kier alpha value is -2.06. The van der Waals surface area contributed by atoms with Gasteiger partial charge in [-0.3, -0.25) is 4.79 Å². The lowest BCUT2D eigenvalue weighted by Crippen LogP contribution is -2.33. The minimum Gasteiger partial charge on any atom is -0.366 e. The highest BCUT2D eigenvalue weighted by molar-refractivity contribution is 7.88. The van der Waals surface area contributed by atoms with Crippen LogP contribution in [-0.2, 0) is 10.0 Å². The maximum atomic E-state index is 11.6. The molecule has 1 aliphatic heterocycles. The Labute approximate surface area is 135 Å². The van der Waals surface area contributed by atoms with Crippen LogP contribution < -0.4 is 11.2 Å². The number of carbonyl (C=O) groups is 1. The standard InChI is InChI=1S/C15H16BN3O3S/c1-23(21,22)19-4-2-9(3-5-19)13-8-18-14-11(13)6-10(16)7-12(14)15(17)20/h2,6-8,18H,3-5H2,1H3,(H2,17,20). The lowest BCUT2D eigenvalue weighted by molar-refractivity contribution is 0.100. The summed E-state index contributed by atoms with van der Waals surface area (Å²) in [4.78, 5) is 14.6. The Morgan fingerprint density at radius 3 is 2.70 bits per heavy atom. The molecule has 2 heterocycles. The van der Waals surface area contributed by atoms with Crippen molar-refractivity contribution in [2.24, 2.45) is 5.73 Å². The third-order valence-electron chi connectivity index (χ3n) is 4.06. The van der Waals surface area contributed by atoms with Crippen molar-refractivity contribution in [3.8, 4) is 0 Å². The number of fused-ring (bicyclic) bond motifs is 1. The van der Waals surface area contributed by atoms with E-state index in [1.54, 1.807) is 18.3 Å². The first-order chi connectivity index (χ1) is 10.8. The van der Waals surface area contributed by atoms with E-state index in [1.165, 1.54) is 10.6 Å². The van der Waals surface area contributed by atoms with Crippen LogP contribution in [0.4, 0.5) is 0 Å². The van der Waals surface area contributed by atoms with Crippen LogP contribution in [0.2, 0.25) is 0 Å². The van der Waals surface area contributed by atoms with Gasteiger partial charge in [0.15, 0.2) is 0 Å². The van der Waals surface area contributed by atoms with Gasteiger partial charge >= 0.3 is 0 Å². The molecule has 118 valence electrons. The number of primary amides is 1. The number of carbonyl (C=O) groups excluding carboxylic acids is 1. The molecule has 0 unspecified atom stereocenters. The number of hydrogen-bond acceptors (Lipinski definition) is 3. The molecule has 23 heavy (non-hydrogen) atoms. The highest BCUT2D eigenvalue weighted by atomic mass is 32.2. The van der Waals surface area contributed by atoms with Crippen LogP contribution in [0.15, 0.2) is 24.4 Å². The van der Waals surface area contributed by atoms with Crippen LogP contribution in [0.25, 0.3) is 16.5 Å². The number of nitrogens with one attached hydrogen (secondary N) is 1. The molecule has 1 amide bonds. The Morgan fingerprint density at radius 1 is 1.39 bits per heavy atom. The van der Waals surface area contributed by atoms with Crippen molar-refractivity contribution in [1.29, 1.82) is 0 Å². The molecule has 3 rings (SSSR count). The first-order valence-corrected chi connectivity index (χ1v) is 8.97. The van der Waals surface area contributed by atoms with Gasteiger partial charge in [-0.1, -0.05) is 23.7 Å². The number of rotatable bonds is 3. The molecule has 1 aliphatic rings. The third-order valence-corrected chi connectivity index (χ3v) is 5.33. The van der Waals surface area contributed by atoms with Gasteiger partial charge in [-0.25, -0.2) is 8.42 Å². The van der Waals surface area contributed by atoms with Crippen molar-refractivity contribution in [2.45, 2.75) is 6.42 Å². The number of nitrogens with zero attached hydrogens (tertiary/aromatic N) is 1. The molecule has 0 bridgehead atoms. The lowest BCUT2D eigenvalue weighted by atomic mass is 9.90. The summed E-state index contributed by atoms with van der Waals surface area (Å²) in [6.07, 6.45) is 5.50. The van der Waals surface area contributed by atoms with Gasteiger partial charge in [0, 0.05) is 30.2 Å². The first-order valence-electron chi connectivity index (χ1n) is 7.12. The minimum atomic E-state index is -3.19. The molecule has 0 atom stereocenters. The molecule has 1 aromatic carbocycles. The molecular formula is C15H16BN3O3S. The Balaban J connectivity index is 2.05. The van der Waals surface area contributed by atoms with Crippen LogP contribution in [0, 0.1) is 0 Å². The van der Waals surface area contributed by atoms with Crippen molar-refractivity contribution in [3.05, 3.63) is 35.5 Å². The van der Waals surface area contributed by atoms with Gasteiger partial charge < -0.3 is 10.7 Å². The largest absolute Gasteiger partial charge is 0.366 e. The van der Waals surface area contributed by atoms with Crippen molar-refractivity contribution in [3.63, 3.8) is 0 Å². The number of benzene rings is 1. The average molecular weight is 329 g/mol. The number of H-pyrrole nitrogens is 1. The van der Waals surface area contributed by atoms with Gasteiger partial charge in [0.25, 0.3) is 5.91 Å². The lowest BCUT2D eigenvalue weighted by Gasteiger charge is -2.24. The molecule has 3 N–H and O–H groups in total. The number of nitrogens with two attached hydrogens (primary N) is 1. The minimum absolute atomic E-state index is 0.339. The molecule has 0 saturated carbocycles. The summed E-state index contributed by atoms with van der Waals surface area (Å²) >= 11 is 0. The second-order valence-electron chi connectivity index (χ2n) is 5.66. The van der Waals surface area contributed by atoms with Crippen molar-refractivity contribution in [1.82, 2.24) is 9.29 Å². The summed E-state index contributed by atoms with van der Waals surface area (Å²) in [5, 5.41) is 0.817. The van der Waals surface area contributed by atoms with Crippen LogP contribution in [0.1, 0.15) is 22.3 Å². The maximum absolute atomic E-state index is 11.6. The van der Waals surface area contributed by atoms with Crippen LogP contribution in [-0.4, -0.2) is 50.8 Å². The van der Waals surface area contributed by atoms with Gasteiger partial charge in [-0.05, 0) is 12.0 Å². The number of sulfonamides is 1. The van der Waals surface area contributed by atoms with E-state index in [-0.39, 0.29) is 0 Å². The summed E-state index contributed by atoms with van der Waals surface area (Å²) in [6, 6.07) is 3.34. The molecule has 1 aromatic heterocycles. The van der Waals surface area contributed by atoms with Crippen LogP contribution in [0.3, 0.4) is 0 Å². The van der Waals surface area contributed by atoms with E-state index in [0.717, 1.165) is 16.5 Å². The molecule has 2 radical (unpaired) electrons. The second-order valence-corrected chi connectivity index (χ2v) is 7.64.